The standard InChI is InChI=1S/C37H58O6/c1-22(2)23-11-18-37(30(41)42)20-19-36(10)34(8)16-12-24-32(5,6)26(43-27(38)21-31(3,4)29(39)40)14-15-33(24,7)25(34)13-17-35(36,9)28(23)37/h23-26,28H,1,11-21H2,2-10H3,(H,39,40)(H,41,42)/t23-,24-,25+,26-,28+,33-,34+,35+,36-,37-/m0/s1. The van der Waals surface area contributed by atoms with Crippen LogP contribution >= 0.6 is 0 Å². The summed E-state index contributed by atoms with van der Waals surface area (Å²) in [5.41, 5.74) is -0.726. The molecule has 0 saturated heterocycles. The minimum atomic E-state index is -1.15. The lowest BCUT2D eigenvalue weighted by Gasteiger charge is -2.75. The lowest BCUT2D eigenvalue weighted by molar-refractivity contribution is -0.277. The van der Waals surface area contributed by atoms with Crippen molar-refractivity contribution in [2.24, 2.45) is 61.6 Å². The number of hydrogen-bond acceptors (Lipinski definition) is 4. The van der Waals surface area contributed by atoms with Gasteiger partial charge < -0.3 is 14.9 Å². The van der Waals surface area contributed by atoms with E-state index < -0.39 is 28.7 Å². The first-order chi connectivity index (χ1) is 19.6. The predicted octanol–water partition coefficient (Wildman–Crippen LogP) is 8.53. The Labute approximate surface area is 259 Å². The predicted molar refractivity (Wildman–Crippen MR) is 167 cm³/mol. The topological polar surface area (TPSA) is 101 Å². The molecule has 0 unspecified atom stereocenters. The maximum absolute atomic E-state index is 13.0. The van der Waals surface area contributed by atoms with Gasteiger partial charge >= 0.3 is 17.9 Å². The summed E-state index contributed by atoms with van der Waals surface area (Å²) in [4.78, 5) is 37.7. The Hall–Kier alpha value is -1.85. The smallest absolute Gasteiger partial charge is 0.309 e. The zero-order valence-electron chi connectivity index (χ0n) is 28.4. The summed E-state index contributed by atoms with van der Waals surface area (Å²) in [6.07, 6.45) is 9.21. The Morgan fingerprint density at radius 2 is 1.42 bits per heavy atom. The van der Waals surface area contributed by atoms with Gasteiger partial charge in [-0.3, -0.25) is 14.4 Å². The fourth-order valence-corrected chi connectivity index (χ4v) is 12.9. The average molecular weight is 599 g/mol. The molecule has 5 rings (SSSR count). The molecule has 43 heavy (non-hydrogen) atoms. The van der Waals surface area contributed by atoms with E-state index in [4.69, 9.17) is 4.74 Å². The van der Waals surface area contributed by atoms with E-state index in [0.717, 1.165) is 69.8 Å². The van der Waals surface area contributed by atoms with Crippen LogP contribution in [-0.4, -0.2) is 34.2 Å². The molecular weight excluding hydrogens is 540 g/mol. The molecule has 0 aromatic heterocycles. The van der Waals surface area contributed by atoms with Gasteiger partial charge in [0.2, 0.25) is 0 Å². The van der Waals surface area contributed by atoms with E-state index in [1.165, 1.54) is 0 Å². The van der Waals surface area contributed by atoms with E-state index in [1.54, 1.807) is 13.8 Å². The average Bonchev–Trinajstić information content (AvgIpc) is 3.30. The van der Waals surface area contributed by atoms with Gasteiger partial charge in [0, 0.05) is 5.41 Å². The SMILES string of the molecule is C=C(C)[C@@H]1CC[C@]2(C(=O)O)CC[C@@]3(C)[C@]4(C)CC[C@H]5C(C)(C)[C@@H](OC(=O)CC(C)(C)C(=O)O)CC[C@]5(C)[C@H]4CC[C@]3(C)[C@@H]12. The number of carbonyl (C=O) groups is 3. The van der Waals surface area contributed by atoms with Gasteiger partial charge in [-0.25, -0.2) is 0 Å². The zero-order chi connectivity index (χ0) is 32.2. The summed E-state index contributed by atoms with van der Waals surface area (Å²) in [5.74, 6) is -0.694. The summed E-state index contributed by atoms with van der Waals surface area (Å²) < 4.78 is 6.12. The summed E-state index contributed by atoms with van der Waals surface area (Å²) in [6, 6.07) is 0. The van der Waals surface area contributed by atoms with Crippen molar-refractivity contribution in [3.05, 3.63) is 12.2 Å². The summed E-state index contributed by atoms with van der Waals surface area (Å²) in [7, 11) is 0. The van der Waals surface area contributed by atoms with Crippen molar-refractivity contribution in [2.45, 2.75) is 139 Å². The first kappa shape index (κ1) is 32.5. The molecule has 0 amide bonds. The first-order valence-corrected chi connectivity index (χ1v) is 17.0. The highest BCUT2D eigenvalue weighted by Gasteiger charge is 2.75. The van der Waals surface area contributed by atoms with Gasteiger partial charge in [-0.05, 0) is 130 Å². The molecule has 5 aliphatic carbocycles. The number of carbonyl (C=O) groups excluding carboxylic acids is 1. The number of ether oxygens (including phenoxy) is 1. The highest BCUT2D eigenvalue weighted by Crippen LogP contribution is 2.81. The van der Waals surface area contributed by atoms with Crippen LogP contribution < -0.4 is 0 Å². The first-order valence-electron chi connectivity index (χ1n) is 17.0. The molecule has 0 aromatic carbocycles. The molecule has 242 valence electrons. The van der Waals surface area contributed by atoms with E-state index in [9.17, 15) is 24.6 Å². The normalized spacial score (nSPS) is 46.9. The molecule has 10 atom stereocenters. The number of rotatable bonds is 6. The van der Waals surface area contributed by atoms with Crippen LogP contribution in [0.25, 0.3) is 0 Å². The van der Waals surface area contributed by atoms with E-state index in [0.29, 0.717) is 11.8 Å². The number of hydrogen-bond donors (Lipinski definition) is 2. The molecule has 0 radical (unpaired) electrons. The van der Waals surface area contributed by atoms with Gasteiger partial charge in [0.1, 0.15) is 6.10 Å². The quantitative estimate of drug-likeness (QED) is 0.235. The third-order valence-electron chi connectivity index (χ3n) is 15.6. The lowest BCUT2D eigenvalue weighted by Crippen LogP contribution is -2.70. The van der Waals surface area contributed by atoms with Gasteiger partial charge in [0.05, 0.1) is 17.3 Å². The third kappa shape index (κ3) is 4.19. The van der Waals surface area contributed by atoms with Crippen LogP contribution in [0.15, 0.2) is 12.2 Å². The van der Waals surface area contributed by atoms with E-state index in [-0.39, 0.29) is 51.4 Å². The van der Waals surface area contributed by atoms with Crippen LogP contribution in [0.3, 0.4) is 0 Å². The number of carboxylic acids is 2. The van der Waals surface area contributed by atoms with Gasteiger partial charge in [0.15, 0.2) is 0 Å². The van der Waals surface area contributed by atoms with Crippen molar-refractivity contribution in [3.63, 3.8) is 0 Å². The second-order valence-electron chi connectivity index (χ2n) is 18.0. The van der Waals surface area contributed by atoms with Crippen LogP contribution in [0.4, 0.5) is 0 Å². The molecule has 5 aliphatic rings. The number of esters is 1. The second kappa shape index (κ2) is 9.82. The van der Waals surface area contributed by atoms with Crippen molar-refractivity contribution in [3.8, 4) is 0 Å². The van der Waals surface area contributed by atoms with Crippen LogP contribution in [0.1, 0.15) is 133 Å². The monoisotopic (exact) mass is 598 g/mol. The molecular formula is C37H58O6. The minimum absolute atomic E-state index is 0.0222. The van der Waals surface area contributed by atoms with E-state index in [2.05, 4.69) is 55.0 Å². The van der Waals surface area contributed by atoms with Gasteiger partial charge in [-0.2, -0.15) is 0 Å². The Bertz CT molecular complexity index is 1220. The molecule has 0 aliphatic heterocycles. The Balaban J connectivity index is 1.46. The van der Waals surface area contributed by atoms with Crippen LogP contribution in [0.5, 0.6) is 0 Å². The van der Waals surface area contributed by atoms with Crippen LogP contribution in [0.2, 0.25) is 0 Å². The van der Waals surface area contributed by atoms with Gasteiger partial charge in [0.25, 0.3) is 0 Å². The molecule has 2 N–H and O–H groups in total. The Morgan fingerprint density at radius 3 is 2.00 bits per heavy atom. The number of aliphatic carboxylic acids is 2. The summed E-state index contributed by atoms with van der Waals surface area (Å²) >= 11 is 0. The molecule has 5 fully saturated rings. The van der Waals surface area contributed by atoms with Gasteiger partial charge in [-0.1, -0.05) is 53.7 Å². The molecule has 5 saturated carbocycles. The molecule has 0 spiro atoms. The number of carboxylic acid groups (broad SMARTS) is 2. The molecule has 6 nitrogen and oxygen atoms in total. The number of allylic oxidation sites excluding steroid dienone is 1. The minimum Gasteiger partial charge on any atom is -0.481 e. The molecule has 0 heterocycles. The van der Waals surface area contributed by atoms with E-state index in [1.807, 2.05) is 0 Å². The fourth-order valence-electron chi connectivity index (χ4n) is 12.9. The summed E-state index contributed by atoms with van der Waals surface area (Å²) in [5, 5.41) is 20.3. The molecule has 6 heteroatoms. The maximum atomic E-state index is 13.0. The molecule has 0 bridgehead atoms. The van der Waals surface area contributed by atoms with Crippen molar-refractivity contribution in [2.75, 3.05) is 0 Å². The third-order valence-corrected chi connectivity index (χ3v) is 15.6. The van der Waals surface area contributed by atoms with Crippen LogP contribution in [-0.2, 0) is 19.1 Å². The summed E-state index contributed by atoms with van der Waals surface area (Å²) in [6.45, 7) is 24.3. The van der Waals surface area contributed by atoms with Crippen molar-refractivity contribution in [1.29, 1.82) is 0 Å². The Kier molecular flexibility index (Phi) is 7.43. The van der Waals surface area contributed by atoms with Crippen molar-refractivity contribution < 1.29 is 29.3 Å². The van der Waals surface area contributed by atoms with Gasteiger partial charge in [-0.15, -0.1) is 0 Å². The van der Waals surface area contributed by atoms with E-state index >= 15 is 0 Å². The Morgan fingerprint density at radius 1 is 0.814 bits per heavy atom. The highest BCUT2D eigenvalue weighted by atomic mass is 16.5. The second-order valence-corrected chi connectivity index (χ2v) is 18.0. The van der Waals surface area contributed by atoms with Crippen molar-refractivity contribution >= 4 is 17.9 Å². The fraction of sp³-hybridized carbons (Fsp3) is 0.865. The van der Waals surface area contributed by atoms with Crippen molar-refractivity contribution in [1.82, 2.24) is 0 Å². The lowest BCUT2D eigenvalue weighted by atomic mass is 9.29. The molecule has 0 aromatic rings. The number of fused-ring (bicyclic) bond motifs is 7. The maximum Gasteiger partial charge on any atom is 0.309 e. The van der Waals surface area contributed by atoms with Crippen LogP contribution in [0, 0.1) is 61.6 Å². The highest BCUT2D eigenvalue weighted by molar-refractivity contribution is 5.81. The zero-order valence-corrected chi connectivity index (χ0v) is 28.4. The largest absolute Gasteiger partial charge is 0.481 e.